The van der Waals surface area contributed by atoms with Crippen LogP contribution in [0.1, 0.15) is 136 Å². The second-order valence-corrected chi connectivity index (χ2v) is 27.4. The summed E-state index contributed by atoms with van der Waals surface area (Å²) < 4.78 is 32.1. The highest BCUT2D eigenvalue weighted by Gasteiger charge is 2.64. The highest BCUT2D eigenvalue weighted by molar-refractivity contribution is 7.47. The molecule has 88 heavy (non-hydrogen) atoms. The van der Waals surface area contributed by atoms with Crippen LogP contribution in [0, 0.1) is 59.7 Å². The average Bonchev–Trinajstić information content (AvgIpc) is 1.54. The number of hydrogen-bond donors (Lipinski definition) is 11. The molecule has 0 spiro atoms. The van der Waals surface area contributed by atoms with Crippen molar-refractivity contribution in [1.29, 1.82) is 0 Å². The summed E-state index contributed by atoms with van der Waals surface area (Å²) in [4.78, 5) is 124. The maximum atomic E-state index is 14.1. The first-order valence-electron chi connectivity index (χ1n) is 29.8. The van der Waals surface area contributed by atoms with Crippen molar-refractivity contribution < 1.29 is 67.0 Å². The fourth-order valence-electron chi connectivity index (χ4n) is 14.7. The number of amides is 7. The van der Waals surface area contributed by atoms with Gasteiger partial charge in [0.2, 0.25) is 41.4 Å². The smallest absolute Gasteiger partial charge is 0.394 e. The number of allylic oxidation sites excluding steroid dienone is 6. The largest absolute Gasteiger partial charge is 0.472 e. The number of nitrogens with zero attached hydrogens (tertiary/aromatic N) is 5. The van der Waals surface area contributed by atoms with E-state index in [9.17, 15) is 53.2 Å². The number of aliphatic hydroxyl groups is 2. The number of primary amides is 6. The summed E-state index contributed by atoms with van der Waals surface area (Å²) in [7, 11) is -5.05. The van der Waals surface area contributed by atoms with Crippen molar-refractivity contribution in [2.45, 2.75) is 175 Å². The number of hydrogen-bond acceptors (Lipinski definition) is 18. The molecule has 6 aliphatic rings. The van der Waals surface area contributed by atoms with Gasteiger partial charge in [0.05, 0.1) is 47.3 Å². The highest BCUT2D eigenvalue weighted by atomic mass is 31.2. The number of ether oxygens (including phenoxy) is 1. The molecular weight excluding hydrogens is 1160 g/mol. The molecule has 17 N–H and O–H groups in total. The molecule has 2 aromatic rings. The second kappa shape index (κ2) is 25.5. The molecule has 7 heterocycles. The Balaban J connectivity index is 1.15. The number of aliphatic imine (C=N–C) groups is 3. The number of rotatable bonds is 26. The van der Waals surface area contributed by atoms with Crippen LogP contribution in [0.5, 0.6) is 0 Å². The van der Waals surface area contributed by atoms with Gasteiger partial charge < -0.3 is 69.4 Å². The Morgan fingerprint density at radius 1 is 0.807 bits per heavy atom. The van der Waals surface area contributed by atoms with Gasteiger partial charge in [-0.1, -0.05) is 27.7 Å². The molecule has 6 aliphatic heterocycles. The van der Waals surface area contributed by atoms with Crippen LogP contribution in [0.4, 0.5) is 0 Å². The zero-order chi connectivity index (χ0) is 64.9. The number of aromatic nitrogens is 2. The number of imidazole rings is 1. The van der Waals surface area contributed by atoms with Gasteiger partial charge in [0.15, 0.2) is 6.23 Å². The van der Waals surface area contributed by atoms with E-state index in [4.69, 9.17) is 63.2 Å². The Morgan fingerprint density at radius 2 is 1.42 bits per heavy atom. The van der Waals surface area contributed by atoms with Crippen LogP contribution >= 0.6 is 7.82 Å². The molecule has 28 heteroatoms. The Hall–Kier alpha value is -7.00. The van der Waals surface area contributed by atoms with Gasteiger partial charge in [0.25, 0.3) is 0 Å². The minimum absolute atomic E-state index is 0.0217. The van der Waals surface area contributed by atoms with Gasteiger partial charge in [0, 0.05) is 126 Å². The average molecular weight is 1240 g/mol. The van der Waals surface area contributed by atoms with E-state index in [1.807, 2.05) is 72.8 Å². The molecule has 3 unspecified atom stereocenters. The van der Waals surface area contributed by atoms with Crippen molar-refractivity contribution in [3.63, 3.8) is 0 Å². The predicted molar refractivity (Wildman–Crippen MR) is 324 cm³/mol. The quantitative estimate of drug-likeness (QED) is 0.0602. The standard InChI is InChI=1S/C60H86N13O14P/c1-28-18-40-41(19-29(28)2)73(27-68-40)56-52(82)53(42(26-74)85-56)87-88(83,84)86-30(3)25-67-50(81)17-10-32-33(20-47(64)78)55-60(9)59(8,24-49(66)80)36(13-16-46(63)77)51(72-60)31(4)54-58(7,23-48(65)79)35(12-15-45(62)76)39(71-54)22-43-57(5,6)34(11-14-44(61)75)38(69-43)21-37(32)70-55/h18-19,21-22,27,30,32-36,42,52-53,55-56,69,74,82H,10-17,20,23-26H2,1-9H3,(H2,61,75)(H2,62,76)(H2,63,77)(H2,64,78)(H2,65,79)(H2,66,80)(H,67,81)(H,83,84)/b38-21-,43-22-,54-31-/t30-,32-,33-,34-,35-,36-,42-,52-,53-,55?,56+,58+,59+,60?/m1/s1. The third kappa shape index (κ3) is 13.2. The number of aryl methyl sites for hydroxylation is 2. The molecule has 480 valence electrons. The SMILES string of the molecule is C/C1=C2N=C(/C=C3\N/C(=C\C4=NC([C@H](CC(N)=O)[C@H]4CCC(=O)NC[C@@H](C)OP(=O)(O)O[C@H]4[C@@H](O)[C@@H](n5cnc6cc(C)c(C)cc65)O[C@@H]4CO)C4(C)N=C1[C@@H](CCC(N)=O)[C@]4(C)CC(N)=O)[C@@H](CCC(N)=O)C3(C)C)[C@@H](CCC(N)=O)[C@]/2(C)CC(N)=O. The number of nitrogens with two attached hydrogens (primary N) is 6. The first-order chi connectivity index (χ1) is 41.0. The second-order valence-electron chi connectivity index (χ2n) is 26.0. The summed E-state index contributed by atoms with van der Waals surface area (Å²) in [6, 6.07) is 2.74. The number of fused-ring (bicyclic) bond motifs is 7. The molecule has 2 saturated heterocycles. The van der Waals surface area contributed by atoms with Crippen LogP contribution in [-0.2, 0) is 51.9 Å². The number of benzene rings is 1. The lowest BCUT2D eigenvalue weighted by Crippen LogP contribution is -2.55. The number of carbonyl (C=O) groups excluding carboxylic acids is 7. The van der Waals surface area contributed by atoms with Crippen LogP contribution in [0.15, 0.2) is 68.3 Å². The first-order valence-corrected chi connectivity index (χ1v) is 31.3. The zero-order valence-corrected chi connectivity index (χ0v) is 52.3. The van der Waals surface area contributed by atoms with E-state index in [-0.39, 0.29) is 77.2 Å². The van der Waals surface area contributed by atoms with E-state index in [0.29, 0.717) is 50.8 Å². The summed E-state index contributed by atoms with van der Waals surface area (Å²) in [6.45, 7) is 15.5. The molecule has 8 rings (SSSR count). The van der Waals surface area contributed by atoms with Gasteiger partial charge >= 0.3 is 7.82 Å². The summed E-state index contributed by atoms with van der Waals surface area (Å²) in [6.07, 6.45) is -2.30. The van der Waals surface area contributed by atoms with Gasteiger partial charge in [-0.2, -0.15) is 0 Å². The summed E-state index contributed by atoms with van der Waals surface area (Å²) >= 11 is 0. The number of nitrogens with one attached hydrogen (secondary N) is 2. The lowest BCUT2D eigenvalue weighted by atomic mass is 9.57. The molecule has 8 bridgehead atoms. The van der Waals surface area contributed by atoms with Crippen LogP contribution in [0.25, 0.3) is 11.0 Å². The van der Waals surface area contributed by atoms with Gasteiger partial charge in [-0.05, 0) is 101 Å². The Morgan fingerprint density at radius 3 is 2.02 bits per heavy atom. The molecule has 2 fully saturated rings. The zero-order valence-electron chi connectivity index (χ0n) is 51.4. The molecule has 1 aromatic heterocycles. The van der Waals surface area contributed by atoms with E-state index in [0.717, 1.165) is 11.1 Å². The molecular formula is C60H86N13O14P. The third-order valence-corrected chi connectivity index (χ3v) is 20.7. The molecule has 0 aliphatic carbocycles. The molecule has 0 saturated carbocycles. The molecule has 27 nitrogen and oxygen atoms in total. The number of aliphatic hydroxyl groups excluding tert-OH is 2. The summed E-state index contributed by atoms with van der Waals surface area (Å²) in [5.74, 6) is -7.82. The molecule has 15 atom stereocenters. The van der Waals surface area contributed by atoms with Crippen molar-refractivity contribution in [2.75, 3.05) is 13.2 Å². The van der Waals surface area contributed by atoms with Gasteiger partial charge in [-0.3, -0.25) is 57.6 Å². The first kappa shape index (κ1) is 66.9. The molecule has 0 radical (unpaired) electrons. The van der Waals surface area contributed by atoms with Crippen LogP contribution in [0.2, 0.25) is 0 Å². The normalized spacial score (nSPS) is 33.5. The van der Waals surface area contributed by atoms with Crippen molar-refractivity contribution >= 4 is 77.3 Å². The lowest BCUT2D eigenvalue weighted by molar-refractivity contribution is -0.123. The van der Waals surface area contributed by atoms with Crippen LogP contribution < -0.4 is 45.0 Å². The topological polar surface area (TPSA) is 460 Å². The summed E-state index contributed by atoms with van der Waals surface area (Å²) in [5, 5.41) is 28.1. The highest BCUT2D eigenvalue weighted by Crippen LogP contribution is 2.60. The summed E-state index contributed by atoms with van der Waals surface area (Å²) in [5.41, 5.74) is 37.7. The van der Waals surface area contributed by atoms with E-state index in [2.05, 4.69) is 15.6 Å². The minimum Gasteiger partial charge on any atom is -0.394 e. The lowest BCUT2D eigenvalue weighted by Gasteiger charge is -2.47. The van der Waals surface area contributed by atoms with E-state index in [1.165, 1.54) is 13.3 Å². The maximum Gasteiger partial charge on any atom is 0.472 e. The van der Waals surface area contributed by atoms with Gasteiger partial charge in [0.1, 0.15) is 18.3 Å². The van der Waals surface area contributed by atoms with Crippen LogP contribution in [-0.4, -0.2) is 132 Å². The van der Waals surface area contributed by atoms with E-state index >= 15 is 0 Å². The van der Waals surface area contributed by atoms with Crippen molar-refractivity contribution in [2.24, 2.45) is 95.2 Å². The Bertz CT molecular complexity index is 3430. The predicted octanol–water partition coefficient (Wildman–Crippen LogP) is 2.38. The molecule has 7 amide bonds. The van der Waals surface area contributed by atoms with Crippen molar-refractivity contribution in [1.82, 2.24) is 20.2 Å². The monoisotopic (exact) mass is 1240 g/mol. The third-order valence-electron chi connectivity index (χ3n) is 19.6. The van der Waals surface area contributed by atoms with Crippen LogP contribution in [0.3, 0.4) is 0 Å². The fourth-order valence-corrected chi connectivity index (χ4v) is 15.9. The molecule has 1 aromatic carbocycles. The van der Waals surface area contributed by atoms with Gasteiger partial charge in [-0.25, -0.2) is 9.55 Å². The van der Waals surface area contributed by atoms with E-state index < -0.39 is 144 Å². The Kier molecular flexibility index (Phi) is 19.4. The Labute approximate surface area is 510 Å². The fraction of sp³-hybridized carbons (Fsp3) is 0.617. The number of phosphoric acid groups is 1. The minimum atomic E-state index is -5.05. The number of carbonyl (C=O) groups is 7. The van der Waals surface area contributed by atoms with Crippen molar-refractivity contribution in [3.05, 3.63) is 64.4 Å². The van der Waals surface area contributed by atoms with E-state index in [1.54, 1.807) is 11.5 Å². The van der Waals surface area contributed by atoms with Gasteiger partial charge in [-0.15, -0.1) is 0 Å². The number of phosphoric ester groups is 1. The van der Waals surface area contributed by atoms with Crippen molar-refractivity contribution in [3.8, 4) is 0 Å². The maximum absolute atomic E-state index is 14.1.